The van der Waals surface area contributed by atoms with Crippen LogP contribution in [0, 0.1) is 0 Å². The monoisotopic (exact) mass is 290 g/mol. The third-order valence-electron chi connectivity index (χ3n) is 3.08. The Morgan fingerprint density at radius 3 is 2.86 bits per heavy atom. The molecule has 2 rings (SSSR count). The van der Waals surface area contributed by atoms with Gasteiger partial charge in [0.25, 0.3) is 5.56 Å². The maximum atomic E-state index is 12.2. The smallest absolute Gasteiger partial charge is 0.295 e. The van der Waals surface area contributed by atoms with E-state index in [0.29, 0.717) is 23.2 Å². The highest BCUT2D eigenvalue weighted by Crippen LogP contribution is 2.18. The van der Waals surface area contributed by atoms with Crippen molar-refractivity contribution in [1.29, 1.82) is 0 Å². The Morgan fingerprint density at radius 1 is 1.43 bits per heavy atom. The van der Waals surface area contributed by atoms with Gasteiger partial charge in [0.2, 0.25) is 11.7 Å². The Kier molecular flexibility index (Phi) is 4.42. The van der Waals surface area contributed by atoms with Crippen LogP contribution in [0.15, 0.2) is 23.0 Å². The number of rotatable bonds is 5. The molecule has 0 saturated carbocycles. The summed E-state index contributed by atoms with van der Waals surface area (Å²) in [5, 5.41) is 0. The highest BCUT2D eigenvalue weighted by molar-refractivity contribution is 5.79. The van der Waals surface area contributed by atoms with Crippen molar-refractivity contribution < 1.29 is 9.53 Å². The SMILES string of the molecule is CCCC(=O)NNc1nc2cc(OC)ccc2n(C)c1=O. The Bertz CT molecular complexity index is 724. The van der Waals surface area contributed by atoms with Gasteiger partial charge < -0.3 is 9.30 Å². The molecule has 0 unspecified atom stereocenters. The number of carbonyl (C=O) groups is 1. The summed E-state index contributed by atoms with van der Waals surface area (Å²) in [6, 6.07) is 5.26. The Balaban J connectivity index is 2.37. The number of benzene rings is 1. The fraction of sp³-hybridized carbons (Fsp3) is 0.357. The van der Waals surface area contributed by atoms with Crippen LogP contribution in [-0.4, -0.2) is 22.6 Å². The lowest BCUT2D eigenvalue weighted by Gasteiger charge is -2.11. The van der Waals surface area contributed by atoms with Gasteiger partial charge >= 0.3 is 0 Å². The first-order valence-electron chi connectivity index (χ1n) is 6.66. The van der Waals surface area contributed by atoms with E-state index in [1.165, 1.54) is 4.57 Å². The number of methoxy groups -OCH3 is 1. The maximum Gasteiger partial charge on any atom is 0.295 e. The lowest BCUT2D eigenvalue weighted by molar-refractivity contribution is -0.120. The fourth-order valence-electron chi connectivity index (χ4n) is 1.94. The number of fused-ring (bicyclic) bond motifs is 1. The molecule has 1 heterocycles. The molecule has 0 spiro atoms. The minimum Gasteiger partial charge on any atom is -0.497 e. The van der Waals surface area contributed by atoms with Crippen LogP contribution < -0.4 is 21.1 Å². The van der Waals surface area contributed by atoms with E-state index in [9.17, 15) is 9.59 Å². The van der Waals surface area contributed by atoms with Gasteiger partial charge in [0.05, 0.1) is 18.1 Å². The van der Waals surface area contributed by atoms with Crippen LogP contribution >= 0.6 is 0 Å². The van der Waals surface area contributed by atoms with Crippen LogP contribution in [0.5, 0.6) is 5.75 Å². The van der Waals surface area contributed by atoms with Crippen LogP contribution in [0.3, 0.4) is 0 Å². The topological polar surface area (TPSA) is 85.2 Å². The minimum absolute atomic E-state index is 0.0720. The van der Waals surface area contributed by atoms with Crippen LogP contribution in [-0.2, 0) is 11.8 Å². The summed E-state index contributed by atoms with van der Waals surface area (Å²) in [7, 11) is 3.21. The number of carbonyl (C=O) groups excluding carboxylic acids is 1. The number of hydrogen-bond acceptors (Lipinski definition) is 5. The second-order valence-corrected chi connectivity index (χ2v) is 4.60. The third-order valence-corrected chi connectivity index (χ3v) is 3.08. The number of amides is 1. The molecule has 112 valence electrons. The van der Waals surface area contributed by atoms with Gasteiger partial charge in [0, 0.05) is 19.5 Å². The number of aromatic nitrogens is 2. The van der Waals surface area contributed by atoms with E-state index >= 15 is 0 Å². The predicted octanol–water partition coefficient (Wildman–Crippen LogP) is 1.19. The van der Waals surface area contributed by atoms with Crippen molar-refractivity contribution >= 4 is 22.8 Å². The molecule has 21 heavy (non-hydrogen) atoms. The summed E-state index contributed by atoms with van der Waals surface area (Å²) < 4.78 is 6.61. The fourth-order valence-corrected chi connectivity index (χ4v) is 1.94. The van der Waals surface area contributed by atoms with Gasteiger partial charge in [-0.25, -0.2) is 4.98 Å². The largest absolute Gasteiger partial charge is 0.497 e. The van der Waals surface area contributed by atoms with Gasteiger partial charge in [-0.1, -0.05) is 6.92 Å². The van der Waals surface area contributed by atoms with E-state index in [1.54, 1.807) is 32.4 Å². The van der Waals surface area contributed by atoms with Crippen LogP contribution in [0.2, 0.25) is 0 Å². The number of aryl methyl sites for hydroxylation is 1. The van der Waals surface area contributed by atoms with Crippen molar-refractivity contribution in [2.45, 2.75) is 19.8 Å². The molecular weight excluding hydrogens is 272 g/mol. The summed E-state index contributed by atoms with van der Waals surface area (Å²) in [5.41, 5.74) is 6.02. The molecule has 0 bridgehead atoms. The number of nitrogens with one attached hydrogen (secondary N) is 2. The lowest BCUT2D eigenvalue weighted by Crippen LogP contribution is -2.34. The highest BCUT2D eigenvalue weighted by atomic mass is 16.5. The molecule has 7 nitrogen and oxygen atoms in total. The van der Waals surface area contributed by atoms with Crippen molar-refractivity contribution in [2.24, 2.45) is 7.05 Å². The first-order valence-corrected chi connectivity index (χ1v) is 6.66. The number of hydrazine groups is 1. The summed E-state index contributed by atoms with van der Waals surface area (Å²) in [4.78, 5) is 27.8. The molecule has 0 aliphatic heterocycles. The number of hydrogen-bond donors (Lipinski definition) is 2. The van der Waals surface area contributed by atoms with E-state index < -0.39 is 0 Å². The first kappa shape index (κ1) is 14.8. The number of anilines is 1. The molecule has 0 atom stereocenters. The summed E-state index contributed by atoms with van der Waals surface area (Å²) in [6.45, 7) is 1.90. The maximum absolute atomic E-state index is 12.2. The van der Waals surface area contributed by atoms with Crippen molar-refractivity contribution in [3.05, 3.63) is 28.6 Å². The Morgan fingerprint density at radius 2 is 2.19 bits per heavy atom. The van der Waals surface area contributed by atoms with Gasteiger partial charge in [-0.2, -0.15) is 0 Å². The molecule has 1 aromatic carbocycles. The van der Waals surface area contributed by atoms with Crippen LogP contribution in [0.4, 0.5) is 5.82 Å². The molecule has 0 radical (unpaired) electrons. The zero-order valence-corrected chi connectivity index (χ0v) is 12.3. The van der Waals surface area contributed by atoms with Crippen LogP contribution in [0.1, 0.15) is 19.8 Å². The van der Waals surface area contributed by atoms with E-state index in [0.717, 1.165) is 6.42 Å². The molecular formula is C14H18N4O3. The second-order valence-electron chi connectivity index (χ2n) is 4.60. The Labute approximate surface area is 121 Å². The molecule has 0 saturated heterocycles. The van der Waals surface area contributed by atoms with Gasteiger partial charge in [-0.15, -0.1) is 0 Å². The molecule has 0 aliphatic rings. The van der Waals surface area contributed by atoms with E-state index in [2.05, 4.69) is 15.8 Å². The molecule has 1 aromatic heterocycles. The zero-order chi connectivity index (χ0) is 15.4. The molecule has 0 aliphatic carbocycles. The van der Waals surface area contributed by atoms with Gasteiger partial charge in [-0.05, 0) is 18.6 Å². The third kappa shape index (κ3) is 3.13. The molecule has 2 aromatic rings. The molecule has 1 amide bonds. The van der Waals surface area contributed by atoms with Crippen molar-refractivity contribution in [3.63, 3.8) is 0 Å². The molecule has 7 heteroatoms. The van der Waals surface area contributed by atoms with Gasteiger partial charge in [0.1, 0.15) is 5.75 Å². The number of nitrogens with zero attached hydrogens (tertiary/aromatic N) is 2. The predicted molar refractivity (Wildman–Crippen MR) is 80.2 cm³/mol. The van der Waals surface area contributed by atoms with Crippen molar-refractivity contribution in [3.8, 4) is 5.75 Å². The molecule has 0 fully saturated rings. The minimum atomic E-state index is -0.315. The average Bonchev–Trinajstić information content (AvgIpc) is 2.49. The van der Waals surface area contributed by atoms with E-state index in [4.69, 9.17) is 4.74 Å². The van der Waals surface area contributed by atoms with Gasteiger partial charge in [-0.3, -0.25) is 20.4 Å². The lowest BCUT2D eigenvalue weighted by atomic mass is 10.3. The zero-order valence-electron chi connectivity index (χ0n) is 12.3. The van der Waals surface area contributed by atoms with Crippen molar-refractivity contribution in [1.82, 2.24) is 15.0 Å². The summed E-state index contributed by atoms with van der Waals surface area (Å²) >= 11 is 0. The average molecular weight is 290 g/mol. The van der Waals surface area contributed by atoms with Crippen molar-refractivity contribution in [2.75, 3.05) is 12.5 Å². The Hall–Kier alpha value is -2.57. The molecule has 2 N–H and O–H groups in total. The van der Waals surface area contributed by atoms with E-state index in [1.807, 2.05) is 6.92 Å². The van der Waals surface area contributed by atoms with E-state index in [-0.39, 0.29) is 17.3 Å². The summed E-state index contributed by atoms with van der Waals surface area (Å²) in [6.07, 6.45) is 1.11. The van der Waals surface area contributed by atoms with Crippen LogP contribution in [0.25, 0.3) is 11.0 Å². The standard InChI is InChI=1S/C14H18N4O3/c1-4-5-12(19)16-17-13-14(20)18(2)11-7-6-9(21-3)8-10(11)15-13/h6-8H,4-5H2,1-3H3,(H,15,17)(H,16,19). The highest BCUT2D eigenvalue weighted by Gasteiger charge is 2.10. The second kappa shape index (κ2) is 6.25. The number of ether oxygens (including phenoxy) is 1. The summed E-state index contributed by atoms with van der Waals surface area (Å²) in [5.74, 6) is 0.532. The normalized spacial score (nSPS) is 10.4. The van der Waals surface area contributed by atoms with Gasteiger partial charge in [0.15, 0.2) is 0 Å². The quantitative estimate of drug-likeness (QED) is 0.808. The first-order chi connectivity index (χ1) is 10.1.